The molecule has 0 unspecified atom stereocenters. The SMILES string of the molecule is Cc1ccc(OCCCC(=O)N2CCC(NC(=O)c3c(F)cccc3Cl)CC2)cc1. The average molecular weight is 433 g/mol. The fraction of sp³-hybridized carbons (Fsp3) is 0.391. The van der Waals surface area contributed by atoms with E-state index in [2.05, 4.69) is 5.32 Å². The van der Waals surface area contributed by atoms with Gasteiger partial charge in [0.2, 0.25) is 5.91 Å². The number of nitrogens with zero attached hydrogens (tertiary/aromatic N) is 1. The van der Waals surface area contributed by atoms with E-state index in [-0.39, 0.29) is 22.5 Å². The number of amides is 2. The Morgan fingerprint density at radius 2 is 1.87 bits per heavy atom. The molecule has 3 rings (SSSR count). The summed E-state index contributed by atoms with van der Waals surface area (Å²) in [5, 5.41) is 2.92. The molecule has 7 heteroatoms. The minimum atomic E-state index is -0.638. The van der Waals surface area contributed by atoms with Crippen LogP contribution in [0.25, 0.3) is 0 Å². The summed E-state index contributed by atoms with van der Waals surface area (Å²) in [6.07, 6.45) is 2.33. The van der Waals surface area contributed by atoms with Crippen LogP contribution in [0.4, 0.5) is 4.39 Å². The predicted molar refractivity (Wildman–Crippen MR) is 114 cm³/mol. The summed E-state index contributed by atoms with van der Waals surface area (Å²) in [5.74, 6) is -0.263. The summed E-state index contributed by atoms with van der Waals surface area (Å²) in [5.41, 5.74) is 1.04. The van der Waals surface area contributed by atoms with Crippen LogP contribution in [0.15, 0.2) is 42.5 Å². The van der Waals surface area contributed by atoms with Crippen LogP contribution < -0.4 is 10.1 Å². The first-order valence-electron chi connectivity index (χ1n) is 10.2. The van der Waals surface area contributed by atoms with Gasteiger partial charge in [0.1, 0.15) is 11.6 Å². The van der Waals surface area contributed by atoms with E-state index in [9.17, 15) is 14.0 Å². The molecule has 160 valence electrons. The van der Waals surface area contributed by atoms with Gasteiger partial charge in [-0.2, -0.15) is 0 Å². The van der Waals surface area contributed by atoms with Gasteiger partial charge in [-0.3, -0.25) is 9.59 Å². The molecule has 1 aliphatic rings. The van der Waals surface area contributed by atoms with E-state index in [1.54, 1.807) is 0 Å². The van der Waals surface area contributed by atoms with Crippen molar-refractivity contribution in [3.63, 3.8) is 0 Å². The Balaban J connectivity index is 1.38. The van der Waals surface area contributed by atoms with Crippen LogP contribution in [0.5, 0.6) is 5.75 Å². The number of carbonyl (C=O) groups is 2. The maximum atomic E-state index is 13.9. The normalized spacial score (nSPS) is 14.4. The summed E-state index contributed by atoms with van der Waals surface area (Å²) in [6, 6.07) is 11.9. The second-order valence-corrected chi connectivity index (χ2v) is 7.90. The molecular weight excluding hydrogens is 407 g/mol. The molecule has 0 spiro atoms. The fourth-order valence-corrected chi connectivity index (χ4v) is 3.70. The van der Waals surface area contributed by atoms with E-state index in [0.29, 0.717) is 45.4 Å². The second-order valence-electron chi connectivity index (χ2n) is 7.49. The molecule has 2 aromatic rings. The van der Waals surface area contributed by atoms with Crippen molar-refractivity contribution in [1.29, 1.82) is 0 Å². The minimum Gasteiger partial charge on any atom is -0.494 e. The number of halogens is 2. The molecule has 0 saturated carbocycles. The molecule has 1 fully saturated rings. The molecule has 2 amide bonds. The van der Waals surface area contributed by atoms with Crippen LogP contribution in [0, 0.1) is 12.7 Å². The number of aryl methyl sites for hydroxylation is 1. The number of hydrogen-bond acceptors (Lipinski definition) is 3. The Morgan fingerprint density at radius 1 is 1.17 bits per heavy atom. The Bertz CT molecular complexity index is 860. The summed E-state index contributed by atoms with van der Waals surface area (Å²) >= 11 is 5.95. The van der Waals surface area contributed by atoms with Crippen LogP contribution in [0.2, 0.25) is 5.02 Å². The maximum absolute atomic E-state index is 13.9. The Morgan fingerprint density at radius 3 is 2.53 bits per heavy atom. The highest BCUT2D eigenvalue weighted by Gasteiger charge is 2.25. The summed E-state index contributed by atoms with van der Waals surface area (Å²) in [7, 11) is 0. The maximum Gasteiger partial charge on any atom is 0.255 e. The van der Waals surface area contributed by atoms with E-state index >= 15 is 0 Å². The molecule has 0 radical (unpaired) electrons. The lowest BCUT2D eigenvalue weighted by Gasteiger charge is -2.32. The topological polar surface area (TPSA) is 58.6 Å². The zero-order chi connectivity index (χ0) is 21.5. The van der Waals surface area contributed by atoms with Crippen LogP contribution in [-0.2, 0) is 4.79 Å². The third kappa shape index (κ3) is 5.95. The van der Waals surface area contributed by atoms with Crippen molar-refractivity contribution in [2.24, 2.45) is 0 Å². The van der Waals surface area contributed by atoms with Gasteiger partial charge in [0.05, 0.1) is 17.2 Å². The molecule has 30 heavy (non-hydrogen) atoms. The molecule has 1 saturated heterocycles. The van der Waals surface area contributed by atoms with Crippen molar-refractivity contribution in [2.75, 3.05) is 19.7 Å². The van der Waals surface area contributed by atoms with Crippen molar-refractivity contribution >= 4 is 23.4 Å². The molecule has 1 N–H and O–H groups in total. The van der Waals surface area contributed by atoms with Gasteiger partial charge in [-0.1, -0.05) is 35.4 Å². The van der Waals surface area contributed by atoms with Crippen molar-refractivity contribution in [3.05, 3.63) is 64.4 Å². The molecule has 2 aromatic carbocycles. The molecule has 0 bridgehead atoms. The van der Waals surface area contributed by atoms with Crippen LogP contribution in [0.1, 0.15) is 41.6 Å². The Labute approximate surface area is 181 Å². The number of carbonyl (C=O) groups excluding carboxylic acids is 2. The zero-order valence-electron chi connectivity index (χ0n) is 17.0. The van der Waals surface area contributed by atoms with Gasteiger partial charge in [0, 0.05) is 25.6 Å². The summed E-state index contributed by atoms with van der Waals surface area (Å²) in [6.45, 7) is 3.64. The predicted octanol–water partition coefficient (Wildman–Crippen LogP) is 4.37. The zero-order valence-corrected chi connectivity index (χ0v) is 17.8. The standard InChI is InChI=1S/C23H26ClFN2O3/c1-16-7-9-18(10-8-16)30-15-3-6-21(28)27-13-11-17(12-14-27)26-23(29)22-19(24)4-2-5-20(22)25/h2,4-5,7-10,17H,3,6,11-15H2,1H3,(H,26,29). The van der Waals surface area contributed by atoms with Gasteiger partial charge in [0.25, 0.3) is 5.91 Å². The van der Waals surface area contributed by atoms with Crippen LogP contribution in [0.3, 0.4) is 0 Å². The largest absolute Gasteiger partial charge is 0.494 e. The molecule has 0 aromatic heterocycles. The highest BCUT2D eigenvalue weighted by Crippen LogP contribution is 2.20. The second kappa shape index (κ2) is 10.4. The number of piperidine rings is 1. The highest BCUT2D eigenvalue weighted by atomic mass is 35.5. The number of hydrogen-bond donors (Lipinski definition) is 1. The van der Waals surface area contributed by atoms with E-state index in [1.165, 1.54) is 23.8 Å². The molecule has 5 nitrogen and oxygen atoms in total. The minimum absolute atomic E-state index is 0.0874. The molecule has 0 atom stereocenters. The molecule has 1 aliphatic heterocycles. The quantitative estimate of drug-likeness (QED) is 0.661. The van der Waals surface area contributed by atoms with Crippen molar-refractivity contribution in [3.8, 4) is 5.75 Å². The lowest BCUT2D eigenvalue weighted by Crippen LogP contribution is -2.46. The van der Waals surface area contributed by atoms with Gasteiger partial charge in [-0.25, -0.2) is 4.39 Å². The van der Waals surface area contributed by atoms with Crippen LogP contribution in [-0.4, -0.2) is 42.5 Å². The average Bonchev–Trinajstić information content (AvgIpc) is 2.73. The number of benzene rings is 2. The van der Waals surface area contributed by atoms with Gasteiger partial charge >= 0.3 is 0 Å². The first-order chi connectivity index (χ1) is 14.4. The lowest BCUT2D eigenvalue weighted by atomic mass is 10.0. The number of likely N-dealkylation sites (tertiary alicyclic amines) is 1. The highest BCUT2D eigenvalue weighted by molar-refractivity contribution is 6.33. The first kappa shape index (κ1) is 22.1. The lowest BCUT2D eigenvalue weighted by molar-refractivity contribution is -0.132. The molecule has 1 heterocycles. The van der Waals surface area contributed by atoms with Crippen molar-refractivity contribution in [1.82, 2.24) is 10.2 Å². The van der Waals surface area contributed by atoms with Crippen molar-refractivity contribution in [2.45, 2.75) is 38.6 Å². The fourth-order valence-electron chi connectivity index (χ4n) is 3.45. The third-order valence-corrected chi connectivity index (χ3v) is 5.51. The van der Waals surface area contributed by atoms with E-state index < -0.39 is 11.7 Å². The number of ether oxygens (including phenoxy) is 1. The van der Waals surface area contributed by atoms with E-state index in [1.807, 2.05) is 36.1 Å². The Hall–Kier alpha value is -2.60. The third-order valence-electron chi connectivity index (χ3n) is 5.20. The Kier molecular flexibility index (Phi) is 7.69. The smallest absolute Gasteiger partial charge is 0.255 e. The number of nitrogens with one attached hydrogen (secondary N) is 1. The molecular formula is C23H26ClFN2O3. The van der Waals surface area contributed by atoms with Gasteiger partial charge in [-0.05, 0) is 50.5 Å². The van der Waals surface area contributed by atoms with Gasteiger partial charge < -0.3 is 15.0 Å². The molecule has 0 aliphatic carbocycles. The summed E-state index contributed by atoms with van der Waals surface area (Å²) < 4.78 is 19.5. The van der Waals surface area contributed by atoms with Gasteiger partial charge in [-0.15, -0.1) is 0 Å². The number of rotatable bonds is 7. The summed E-state index contributed by atoms with van der Waals surface area (Å²) in [4.78, 5) is 26.6. The van der Waals surface area contributed by atoms with Crippen molar-refractivity contribution < 1.29 is 18.7 Å². The van der Waals surface area contributed by atoms with E-state index in [0.717, 1.165) is 5.75 Å². The first-order valence-corrected chi connectivity index (χ1v) is 10.5. The van der Waals surface area contributed by atoms with E-state index in [4.69, 9.17) is 16.3 Å². The van der Waals surface area contributed by atoms with Gasteiger partial charge in [0.15, 0.2) is 0 Å². The van der Waals surface area contributed by atoms with Crippen LogP contribution >= 0.6 is 11.6 Å². The monoisotopic (exact) mass is 432 g/mol.